The van der Waals surface area contributed by atoms with E-state index in [1.54, 1.807) is 12.1 Å². The molecule has 0 saturated heterocycles. The van der Waals surface area contributed by atoms with Crippen LogP contribution >= 0.6 is 11.3 Å². The van der Waals surface area contributed by atoms with Crippen LogP contribution in [-0.2, 0) is 24.1 Å². The first-order chi connectivity index (χ1) is 12.7. The molecule has 1 N–H and O–H groups in total. The second kappa shape index (κ2) is 9.67. The highest BCUT2D eigenvalue weighted by atomic mass is 32.1. The second-order valence-corrected chi connectivity index (χ2v) is 7.72. The van der Waals surface area contributed by atoms with Crippen LogP contribution < -0.4 is 10.1 Å². The fourth-order valence-corrected chi connectivity index (χ4v) is 4.25. The van der Waals surface area contributed by atoms with Crippen LogP contribution in [0.15, 0.2) is 24.3 Å². The van der Waals surface area contributed by atoms with E-state index in [1.807, 2.05) is 11.3 Å². The van der Waals surface area contributed by atoms with E-state index in [9.17, 15) is 9.18 Å². The van der Waals surface area contributed by atoms with Gasteiger partial charge in [0.1, 0.15) is 11.6 Å². The van der Waals surface area contributed by atoms with Gasteiger partial charge in [0.05, 0.1) is 17.3 Å². The zero-order valence-electron chi connectivity index (χ0n) is 14.9. The van der Waals surface area contributed by atoms with Crippen LogP contribution in [0.3, 0.4) is 0 Å². The summed E-state index contributed by atoms with van der Waals surface area (Å²) >= 11 is 1.84. The number of fused-ring (bicyclic) bond motifs is 1. The number of halogens is 1. The molecule has 1 amide bonds. The SMILES string of the molecule is O=C(CCCOc1cccc(F)c1)NCCCc1nc2c(s1)CCCC2. The van der Waals surface area contributed by atoms with Gasteiger partial charge in [-0.3, -0.25) is 4.79 Å². The van der Waals surface area contributed by atoms with E-state index in [2.05, 4.69) is 5.32 Å². The maximum absolute atomic E-state index is 13.0. The zero-order chi connectivity index (χ0) is 18.2. The van der Waals surface area contributed by atoms with Crippen LogP contribution in [-0.4, -0.2) is 24.0 Å². The van der Waals surface area contributed by atoms with E-state index in [4.69, 9.17) is 9.72 Å². The molecule has 0 saturated carbocycles. The number of rotatable bonds is 9. The Morgan fingerprint density at radius 2 is 2.15 bits per heavy atom. The van der Waals surface area contributed by atoms with Gasteiger partial charge in [-0.05, 0) is 50.7 Å². The number of thiazole rings is 1. The molecule has 1 aromatic carbocycles. The molecule has 26 heavy (non-hydrogen) atoms. The Morgan fingerprint density at radius 3 is 3.00 bits per heavy atom. The summed E-state index contributed by atoms with van der Waals surface area (Å²) in [5.74, 6) is 0.212. The number of amides is 1. The Hall–Kier alpha value is -1.95. The predicted octanol–water partition coefficient (Wildman–Crippen LogP) is 4.07. The quantitative estimate of drug-likeness (QED) is 0.671. The Bertz CT molecular complexity index is 709. The Labute approximate surface area is 157 Å². The molecule has 1 aliphatic carbocycles. The molecule has 6 heteroatoms. The van der Waals surface area contributed by atoms with Crippen molar-refractivity contribution in [3.05, 3.63) is 45.7 Å². The lowest BCUT2D eigenvalue weighted by Gasteiger charge is -2.07. The molecule has 1 aliphatic rings. The maximum atomic E-state index is 13.0. The highest BCUT2D eigenvalue weighted by Gasteiger charge is 2.14. The minimum Gasteiger partial charge on any atom is -0.493 e. The van der Waals surface area contributed by atoms with E-state index in [0.717, 1.165) is 19.3 Å². The summed E-state index contributed by atoms with van der Waals surface area (Å²) in [6.07, 6.45) is 7.73. The van der Waals surface area contributed by atoms with Crippen LogP contribution in [0.5, 0.6) is 5.75 Å². The molecular weight excluding hydrogens is 351 g/mol. The van der Waals surface area contributed by atoms with Crippen molar-refractivity contribution < 1.29 is 13.9 Å². The fraction of sp³-hybridized carbons (Fsp3) is 0.500. The number of carbonyl (C=O) groups excluding carboxylic acids is 1. The fourth-order valence-electron chi connectivity index (χ4n) is 3.05. The van der Waals surface area contributed by atoms with Crippen molar-refractivity contribution >= 4 is 17.2 Å². The van der Waals surface area contributed by atoms with Crippen molar-refractivity contribution in [3.63, 3.8) is 0 Å². The van der Waals surface area contributed by atoms with E-state index >= 15 is 0 Å². The molecule has 0 spiro atoms. The van der Waals surface area contributed by atoms with Crippen LogP contribution in [0, 0.1) is 5.82 Å². The van der Waals surface area contributed by atoms with Crippen molar-refractivity contribution in [2.75, 3.05) is 13.2 Å². The predicted molar refractivity (Wildman–Crippen MR) is 101 cm³/mol. The molecule has 2 aromatic rings. The van der Waals surface area contributed by atoms with Gasteiger partial charge in [0.25, 0.3) is 0 Å². The summed E-state index contributed by atoms with van der Waals surface area (Å²) in [4.78, 5) is 18.0. The smallest absolute Gasteiger partial charge is 0.220 e. The highest BCUT2D eigenvalue weighted by Crippen LogP contribution is 2.27. The summed E-state index contributed by atoms with van der Waals surface area (Å²) in [7, 11) is 0. The summed E-state index contributed by atoms with van der Waals surface area (Å²) < 4.78 is 18.5. The molecule has 1 heterocycles. The minimum absolute atomic E-state index is 0.0336. The molecule has 1 aromatic heterocycles. The number of ether oxygens (including phenoxy) is 1. The van der Waals surface area contributed by atoms with Crippen LogP contribution in [0.2, 0.25) is 0 Å². The van der Waals surface area contributed by atoms with E-state index in [1.165, 1.54) is 47.0 Å². The number of carbonyl (C=O) groups is 1. The first kappa shape index (κ1) is 18.8. The molecule has 0 aliphatic heterocycles. The van der Waals surface area contributed by atoms with Gasteiger partial charge in [-0.25, -0.2) is 9.37 Å². The van der Waals surface area contributed by atoms with Gasteiger partial charge in [0.15, 0.2) is 0 Å². The normalized spacial score (nSPS) is 13.3. The molecule has 4 nitrogen and oxygen atoms in total. The number of hydrogen-bond acceptors (Lipinski definition) is 4. The first-order valence-electron chi connectivity index (χ1n) is 9.33. The lowest BCUT2D eigenvalue weighted by atomic mass is 10.0. The number of hydrogen-bond donors (Lipinski definition) is 1. The third-order valence-corrected chi connectivity index (χ3v) is 5.61. The van der Waals surface area contributed by atoms with Gasteiger partial charge in [-0.1, -0.05) is 6.07 Å². The van der Waals surface area contributed by atoms with Crippen LogP contribution in [0.4, 0.5) is 4.39 Å². The van der Waals surface area contributed by atoms with E-state index in [-0.39, 0.29) is 11.7 Å². The standard InChI is InChI=1S/C20H25FN2O2S/c21-15-6-3-7-16(14-15)25-13-5-10-19(24)22-12-4-11-20-23-17-8-1-2-9-18(17)26-20/h3,6-7,14H,1-2,4-5,8-13H2,(H,22,24). The molecule has 0 radical (unpaired) electrons. The maximum Gasteiger partial charge on any atom is 0.220 e. The molecule has 0 bridgehead atoms. The molecule has 140 valence electrons. The average Bonchev–Trinajstić information content (AvgIpc) is 3.05. The van der Waals surface area contributed by atoms with Crippen molar-refractivity contribution in [1.29, 1.82) is 0 Å². The van der Waals surface area contributed by atoms with E-state index < -0.39 is 0 Å². The summed E-state index contributed by atoms with van der Waals surface area (Å²) in [5.41, 5.74) is 1.30. The Balaban J connectivity index is 1.25. The molecule has 3 rings (SSSR count). The van der Waals surface area contributed by atoms with Gasteiger partial charge < -0.3 is 10.1 Å². The minimum atomic E-state index is -0.318. The molecule has 0 unspecified atom stereocenters. The number of aryl methyl sites for hydroxylation is 3. The van der Waals surface area contributed by atoms with Crippen LogP contribution in [0.25, 0.3) is 0 Å². The Kier molecular flexibility index (Phi) is 7.00. The molecule has 0 fully saturated rings. The zero-order valence-corrected chi connectivity index (χ0v) is 15.7. The Morgan fingerprint density at radius 1 is 1.27 bits per heavy atom. The molecular formula is C20H25FN2O2S. The summed E-state index contributed by atoms with van der Waals surface area (Å²) in [6.45, 7) is 1.08. The van der Waals surface area contributed by atoms with Gasteiger partial charge in [-0.2, -0.15) is 0 Å². The van der Waals surface area contributed by atoms with Crippen molar-refractivity contribution in [2.24, 2.45) is 0 Å². The third-order valence-electron chi connectivity index (χ3n) is 4.39. The third kappa shape index (κ3) is 5.80. The second-order valence-electron chi connectivity index (χ2n) is 6.55. The summed E-state index contributed by atoms with van der Waals surface area (Å²) in [5, 5.41) is 4.15. The number of nitrogens with one attached hydrogen (secondary N) is 1. The monoisotopic (exact) mass is 376 g/mol. The van der Waals surface area contributed by atoms with E-state index in [0.29, 0.717) is 31.7 Å². The van der Waals surface area contributed by atoms with Gasteiger partial charge >= 0.3 is 0 Å². The topological polar surface area (TPSA) is 51.2 Å². The van der Waals surface area contributed by atoms with Crippen LogP contribution in [0.1, 0.15) is 47.7 Å². The van der Waals surface area contributed by atoms with Crippen molar-refractivity contribution in [3.8, 4) is 5.75 Å². The number of benzene rings is 1. The number of aromatic nitrogens is 1. The van der Waals surface area contributed by atoms with Gasteiger partial charge in [-0.15, -0.1) is 11.3 Å². The highest BCUT2D eigenvalue weighted by molar-refractivity contribution is 7.11. The lowest BCUT2D eigenvalue weighted by molar-refractivity contribution is -0.121. The van der Waals surface area contributed by atoms with Crippen molar-refractivity contribution in [2.45, 2.75) is 51.4 Å². The molecule has 0 atom stereocenters. The number of nitrogens with zero attached hydrogens (tertiary/aromatic N) is 1. The average molecular weight is 376 g/mol. The van der Waals surface area contributed by atoms with Gasteiger partial charge in [0.2, 0.25) is 5.91 Å². The lowest BCUT2D eigenvalue weighted by Crippen LogP contribution is -2.24. The largest absolute Gasteiger partial charge is 0.493 e. The van der Waals surface area contributed by atoms with Gasteiger partial charge in [0, 0.05) is 30.3 Å². The van der Waals surface area contributed by atoms with Crippen molar-refractivity contribution in [1.82, 2.24) is 10.3 Å². The summed E-state index contributed by atoms with van der Waals surface area (Å²) in [6, 6.07) is 6.04. The first-order valence-corrected chi connectivity index (χ1v) is 10.1.